The second-order valence-corrected chi connectivity index (χ2v) is 5.04. The summed E-state index contributed by atoms with van der Waals surface area (Å²) in [7, 11) is 0. The molecule has 1 fully saturated rings. The van der Waals surface area contributed by atoms with Crippen molar-refractivity contribution in [3.05, 3.63) is 42.2 Å². The number of benzene rings is 1. The van der Waals surface area contributed by atoms with Crippen molar-refractivity contribution in [3.63, 3.8) is 0 Å². The molecule has 1 aromatic carbocycles. The van der Waals surface area contributed by atoms with E-state index in [0.717, 1.165) is 23.9 Å². The van der Waals surface area contributed by atoms with Crippen LogP contribution in [0, 0.1) is 0 Å². The lowest BCUT2D eigenvalue weighted by Crippen LogP contribution is -2.28. The first-order chi connectivity index (χ1) is 8.84. The molecular weight excluding hydrogens is 248 g/mol. The Labute approximate surface area is 109 Å². The van der Waals surface area contributed by atoms with Crippen molar-refractivity contribution in [2.45, 2.75) is 0 Å². The summed E-state index contributed by atoms with van der Waals surface area (Å²) >= 11 is 1.76. The van der Waals surface area contributed by atoms with Gasteiger partial charge in [-0.3, -0.25) is 4.79 Å². The van der Waals surface area contributed by atoms with Gasteiger partial charge in [0.05, 0.1) is 17.8 Å². The zero-order valence-electron chi connectivity index (χ0n) is 9.69. The summed E-state index contributed by atoms with van der Waals surface area (Å²) in [5.41, 5.74) is 1.26. The van der Waals surface area contributed by atoms with Crippen LogP contribution in [-0.4, -0.2) is 44.0 Å². The minimum absolute atomic E-state index is 0.0396. The van der Waals surface area contributed by atoms with Crippen LogP contribution in [0.5, 0.6) is 0 Å². The number of carbonyl (C=O) groups excluding carboxylic acids is 1. The maximum Gasteiger partial charge on any atom is 0.276 e. The Morgan fingerprint density at radius 3 is 2.83 bits per heavy atom. The number of aromatic nitrogens is 3. The van der Waals surface area contributed by atoms with Crippen molar-refractivity contribution in [2.24, 2.45) is 0 Å². The Bertz CT molecular complexity index is 548. The van der Waals surface area contributed by atoms with E-state index in [1.807, 2.05) is 30.3 Å². The van der Waals surface area contributed by atoms with Gasteiger partial charge in [0.1, 0.15) is 0 Å². The number of para-hydroxylation sites is 1. The predicted octanol–water partition coefficient (Wildman–Crippen LogP) is 1.41. The Kier molecular flexibility index (Phi) is 3.02. The summed E-state index contributed by atoms with van der Waals surface area (Å²) < 4.78 is 0. The Balaban J connectivity index is 1.83. The highest BCUT2D eigenvalue weighted by atomic mass is 32.2. The van der Waals surface area contributed by atoms with E-state index in [2.05, 4.69) is 10.2 Å². The van der Waals surface area contributed by atoms with Crippen molar-refractivity contribution in [1.82, 2.24) is 19.9 Å². The molecule has 6 heteroatoms. The number of nitrogens with zero attached hydrogens (tertiary/aromatic N) is 4. The number of rotatable bonds is 2. The van der Waals surface area contributed by atoms with E-state index < -0.39 is 0 Å². The molecular formula is C12H12N4OS. The average Bonchev–Trinajstić information content (AvgIpc) is 3.10. The van der Waals surface area contributed by atoms with Crippen molar-refractivity contribution in [3.8, 4) is 5.69 Å². The van der Waals surface area contributed by atoms with Crippen LogP contribution in [0.25, 0.3) is 5.69 Å². The average molecular weight is 260 g/mol. The molecule has 2 heterocycles. The largest absolute Gasteiger partial charge is 0.327 e. The van der Waals surface area contributed by atoms with Crippen molar-refractivity contribution in [2.75, 3.05) is 18.2 Å². The third-order valence-corrected chi connectivity index (χ3v) is 3.70. The van der Waals surface area contributed by atoms with Gasteiger partial charge >= 0.3 is 0 Å². The van der Waals surface area contributed by atoms with E-state index in [0.29, 0.717) is 5.69 Å². The second-order valence-electron chi connectivity index (χ2n) is 3.96. The van der Waals surface area contributed by atoms with Gasteiger partial charge in [-0.25, -0.2) is 0 Å². The van der Waals surface area contributed by atoms with E-state index in [4.69, 9.17) is 0 Å². The smallest absolute Gasteiger partial charge is 0.276 e. The summed E-state index contributed by atoms with van der Waals surface area (Å²) in [6, 6.07) is 9.56. The minimum atomic E-state index is -0.0396. The molecule has 0 spiro atoms. The number of hydrogen-bond acceptors (Lipinski definition) is 4. The Morgan fingerprint density at radius 2 is 2.11 bits per heavy atom. The maximum absolute atomic E-state index is 12.1. The standard InChI is InChI=1S/C12H12N4OS/c17-12(15-6-7-18-9-15)11-8-13-16(14-11)10-4-2-1-3-5-10/h1-5,8H,6-7,9H2. The molecule has 0 radical (unpaired) electrons. The monoisotopic (exact) mass is 260 g/mol. The Morgan fingerprint density at radius 1 is 1.28 bits per heavy atom. The van der Waals surface area contributed by atoms with Gasteiger partial charge in [0.15, 0.2) is 5.69 Å². The van der Waals surface area contributed by atoms with Gasteiger partial charge in [0.2, 0.25) is 0 Å². The highest BCUT2D eigenvalue weighted by Crippen LogP contribution is 2.15. The van der Waals surface area contributed by atoms with E-state index in [1.54, 1.807) is 16.7 Å². The van der Waals surface area contributed by atoms with Gasteiger partial charge in [0.25, 0.3) is 5.91 Å². The SMILES string of the molecule is O=C(c1cnn(-c2ccccc2)n1)N1CCSC1. The summed E-state index contributed by atoms with van der Waals surface area (Å²) in [6.07, 6.45) is 1.53. The van der Waals surface area contributed by atoms with E-state index in [9.17, 15) is 4.79 Å². The highest BCUT2D eigenvalue weighted by Gasteiger charge is 2.22. The summed E-state index contributed by atoms with van der Waals surface area (Å²) in [5.74, 6) is 1.71. The van der Waals surface area contributed by atoms with Gasteiger partial charge in [-0.1, -0.05) is 18.2 Å². The first-order valence-electron chi connectivity index (χ1n) is 5.69. The van der Waals surface area contributed by atoms with Gasteiger partial charge < -0.3 is 4.90 Å². The molecule has 0 atom stereocenters. The molecule has 18 heavy (non-hydrogen) atoms. The molecule has 1 amide bonds. The van der Waals surface area contributed by atoms with Crippen LogP contribution < -0.4 is 0 Å². The van der Waals surface area contributed by atoms with E-state index >= 15 is 0 Å². The first kappa shape index (κ1) is 11.3. The number of amides is 1. The zero-order chi connectivity index (χ0) is 12.4. The van der Waals surface area contributed by atoms with Crippen LogP contribution in [0.15, 0.2) is 36.5 Å². The van der Waals surface area contributed by atoms with E-state index in [-0.39, 0.29) is 5.91 Å². The fourth-order valence-electron chi connectivity index (χ4n) is 1.78. The molecule has 0 saturated carbocycles. The van der Waals surface area contributed by atoms with Crippen LogP contribution in [0.4, 0.5) is 0 Å². The van der Waals surface area contributed by atoms with Gasteiger partial charge in [-0.2, -0.15) is 9.90 Å². The molecule has 3 rings (SSSR count). The fraction of sp³-hybridized carbons (Fsp3) is 0.250. The highest BCUT2D eigenvalue weighted by molar-refractivity contribution is 7.99. The number of carbonyl (C=O) groups is 1. The lowest BCUT2D eigenvalue weighted by molar-refractivity contribution is 0.0796. The molecule has 1 saturated heterocycles. The Hall–Kier alpha value is -1.82. The quantitative estimate of drug-likeness (QED) is 0.819. The molecule has 5 nitrogen and oxygen atoms in total. The molecule has 1 aromatic heterocycles. The first-order valence-corrected chi connectivity index (χ1v) is 6.85. The number of hydrogen-bond donors (Lipinski definition) is 0. The van der Waals surface area contributed by atoms with E-state index in [1.165, 1.54) is 11.0 Å². The summed E-state index contributed by atoms with van der Waals surface area (Å²) in [5, 5.41) is 8.36. The minimum Gasteiger partial charge on any atom is -0.327 e. The molecule has 0 aliphatic carbocycles. The zero-order valence-corrected chi connectivity index (χ0v) is 10.5. The lowest BCUT2D eigenvalue weighted by Gasteiger charge is -2.11. The lowest BCUT2D eigenvalue weighted by atomic mass is 10.3. The van der Waals surface area contributed by atoms with Gasteiger partial charge in [-0.15, -0.1) is 16.9 Å². The summed E-state index contributed by atoms with van der Waals surface area (Å²) in [4.78, 5) is 15.4. The molecule has 0 N–H and O–H groups in total. The van der Waals surface area contributed by atoms with Crippen LogP contribution in [0.1, 0.15) is 10.5 Å². The molecule has 1 aliphatic heterocycles. The second kappa shape index (κ2) is 4.81. The van der Waals surface area contributed by atoms with Gasteiger partial charge in [0, 0.05) is 12.3 Å². The number of thioether (sulfide) groups is 1. The van der Waals surface area contributed by atoms with Crippen LogP contribution in [0.2, 0.25) is 0 Å². The fourth-order valence-corrected chi connectivity index (χ4v) is 2.73. The van der Waals surface area contributed by atoms with Crippen molar-refractivity contribution in [1.29, 1.82) is 0 Å². The van der Waals surface area contributed by atoms with Crippen molar-refractivity contribution >= 4 is 17.7 Å². The van der Waals surface area contributed by atoms with Crippen LogP contribution in [-0.2, 0) is 0 Å². The molecule has 92 valence electrons. The maximum atomic E-state index is 12.1. The van der Waals surface area contributed by atoms with Crippen molar-refractivity contribution < 1.29 is 4.79 Å². The molecule has 0 bridgehead atoms. The molecule has 2 aromatic rings. The predicted molar refractivity (Wildman–Crippen MR) is 69.7 cm³/mol. The topological polar surface area (TPSA) is 51.0 Å². The normalized spacial score (nSPS) is 15.0. The molecule has 0 unspecified atom stereocenters. The third-order valence-electron chi connectivity index (χ3n) is 2.74. The summed E-state index contributed by atoms with van der Waals surface area (Å²) in [6.45, 7) is 0.793. The molecule has 1 aliphatic rings. The van der Waals surface area contributed by atoms with Crippen LogP contribution in [0.3, 0.4) is 0 Å². The van der Waals surface area contributed by atoms with Gasteiger partial charge in [-0.05, 0) is 12.1 Å². The third kappa shape index (κ3) is 2.11. The van der Waals surface area contributed by atoms with Crippen LogP contribution >= 0.6 is 11.8 Å².